The molecule has 13 atom stereocenters. The van der Waals surface area contributed by atoms with Gasteiger partial charge in [0, 0.05) is 182 Å². The molecule has 0 aromatic rings. The van der Waals surface area contributed by atoms with Gasteiger partial charge in [0.05, 0.1) is 28.9 Å². The van der Waals surface area contributed by atoms with E-state index in [4.69, 9.17) is 16.6 Å². The summed E-state index contributed by atoms with van der Waals surface area (Å²) in [5, 5.41) is 58.8. The Morgan fingerprint density at radius 2 is 0.714 bits per heavy atom. The fourth-order valence-electron chi connectivity index (χ4n) is 11.7. The zero-order valence-corrected chi connectivity index (χ0v) is 89.9. The third kappa shape index (κ3) is 62.0. The van der Waals surface area contributed by atoms with Crippen LogP contribution in [0.1, 0.15) is 246 Å². The first-order valence-corrected chi connectivity index (χ1v) is 56.5. The van der Waals surface area contributed by atoms with Gasteiger partial charge in [0.25, 0.3) is 0 Å². The van der Waals surface area contributed by atoms with Crippen molar-refractivity contribution in [3.8, 4) is 0 Å². The Morgan fingerprint density at radius 3 is 1.05 bits per heavy atom. The smallest absolute Gasteiger partial charge is 0.327 e. The number of carbonyl (C=O) groups excluding carboxylic acids is 15. The van der Waals surface area contributed by atoms with E-state index < -0.39 is 107 Å². The highest BCUT2D eigenvalue weighted by Gasteiger charge is 2.38. The van der Waals surface area contributed by atoms with E-state index >= 15 is 0 Å². The lowest BCUT2D eigenvalue weighted by Gasteiger charge is -2.25. The zero-order valence-electron chi connectivity index (χ0n) is 79.8. The molecule has 2 saturated heterocycles. The molecule has 2 aliphatic rings. The molecular formula is C87H149N9O25S12. The summed E-state index contributed by atoms with van der Waals surface area (Å²) in [6.07, 6.45) is 9.41. The molecule has 0 saturated carbocycles. The second-order valence-electron chi connectivity index (χ2n) is 34.3. The van der Waals surface area contributed by atoms with Crippen LogP contribution in [-0.4, -0.2) is 287 Å². The number of aliphatic carboxylic acids is 5. The predicted octanol–water partition coefficient (Wildman–Crippen LogP) is 10.6. The lowest BCUT2D eigenvalue weighted by Crippen LogP contribution is -2.49. The molecule has 13 unspecified atom stereocenters. The Kier molecular flexibility index (Phi) is 73.7. The molecule has 2 fully saturated rings. The van der Waals surface area contributed by atoms with Crippen LogP contribution in [0.25, 0.3) is 0 Å². The van der Waals surface area contributed by atoms with Gasteiger partial charge in [0.1, 0.15) is 53.3 Å². The van der Waals surface area contributed by atoms with Gasteiger partial charge < -0.3 is 78.2 Å². The number of ketones is 8. The van der Waals surface area contributed by atoms with E-state index in [2.05, 4.69) is 77.1 Å². The van der Waals surface area contributed by atoms with E-state index in [1.54, 1.807) is 98.6 Å². The molecule has 0 radical (unpaired) electrons. The largest absolute Gasteiger partial charge is 0.480 e. The summed E-state index contributed by atoms with van der Waals surface area (Å²) < 4.78 is -0.779. The molecule has 46 heteroatoms. The summed E-state index contributed by atoms with van der Waals surface area (Å²) in [6.45, 7) is 30.3. The standard InChI is InChI=1S/C28H46N2O7S4.C20H34N2O7S4.C15H26N2O4S.C14H24N2O5S.C10H19NO2S2/c1-18(2)24(31)12-6-5-9-21(41-40-16-20(4)26(33)30-14-8-11-23(30)28(36)37)17-39-38-15-19(3)25(32)29-13-7-10-22(29)27(34)35;1-12(2)18(25)8-6-5-7-15(33-32-11-17(20(28)29)22-14(4)24)9-30-31-10-16(19(26)27)21-13(3)23;1-9(2)15(21)11(16)5-7-14(20)17-12(8-22)13(19)6-4-10(3)18;1-8(2)11(17)4-5-12(18)10(7-22)16-13(19)6-3-9(15)14(20)21;1-6(2)8(12)7(5-14)11-9(13)10(3,4)15/h18-23H,5-17H2,1-4H3,(H,34,35)(H,36,37);12,15-17H,5-11H2,1-4H3,(H,21,23)(H,22,24)(H,26,27)(H,28,29);9,11-12,22H,4-8,16H2,1-3H3,(H,17,20);8-10,22H,3-7,15H2,1-2H3,(H,16,19)(H,20,21);6-7,14-15H,5H2,1-4H3,(H,11,13). The Morgan fingerprint density at radius 1 is 0.376 bits per heavy atom. The fourth-order valence-corrected chi connectivity index (χ4v) is 24.9. The van der Waals surface area contributed by atoms with Crippen LogP contribution < -0.4 is 38.1 Å². The molecule has 14 N–H and O–H groups in total. The van der Waals surface area contributed by atoms with Gasteiger partial charge in [0.15, 0.2) is 23.1 Å². The normalized spacial score (nSPS) is 16.0. The number of carbonyl (C=O) groups is 20. The molecule has 764 valence electrons. The predicted molar refractivity (Wildman–Crippen MR) is 549 cm³/mol. The Balaban J connectivity index is -0.00000166. The van der Waals surface area contributed by atoms with Gasteiger partial charge in [-0.05, 0) is 85.0 Å². The first-order chi connectivity index (χ1) is 61.9. The maximum Gasteiger partial charge on any atom is 0.327 e. The van der Waals surface area contributed by atoms with Crippen LogP contribution in [0.2, 0.25) is 0 Å². The SMILES string of the molecule is CC(=O)CCC(=O)C(CS)NC(=O)CCC(N)C(=O)C(C)C.CC(=O)NC(CSSCC(CCCCC(=O)C(C)C)SSCC(NC(C)=O)C(=O)O)C(=O)O.CC(C)C(=O)C(CS)NC(=O)C(C)(C)S.CC(C)C(=O)CCC(=O)C(CS)NC(=O)CCC(N)C(=O)O.CC(C)C(=O)CCCCC(CSSCC(C)C(=O)N1CCCC1C(=O)O)SSCC(C)C(=O)N1CCCC1C(=O)O. The highest BCUT2D eigenvalue weighted by Crippen LogP contribution is 2.39. The third-order valence-electron chi connectivity index (χ3n) is 20.1. The Bertz CT molecular complexity index is 3700. The van der Waals surface area contributed by atoms with Crippen molar-refractivity contribution in [2.24, 2.45) is 52.9 Å². The first-order valence-electron chi connectivity index (χ1n) is 44.4. The van der Waals surface area contributed by atoms with E-state index in [-0.39, 0.29) is 191 Å². The van der Waals surface area contributed by atoms with Gasteiger partial charge >= 0.3 is 29.8 Å². The average Bonchev–Trinajstić information content (AvgIpc) is 1.79. The fraction of sp³-hybridized carbons (Fsp3) is 0.770. The van der Waals surface area contributed by atoms with Crippen LogP contribution in [0, 0.1) is 41.4 Å². The van der Waals surface area contributed by atoms with Crippen molar-refractivity contribution in [3.05, 3.63) is 0 Å². The number of nitrogens with zero attached hydrogens (tertiary/aromatic N) is 2. The second-order valence-corrected chi connectivity index (χ2v) is 47.0. The van der Waals surface area contributed by atoms with Gasteiger partial charge in [0.2, 0.25) is 41.4 Å². The quantitative estimate of drug-likeness (QED) is 0.0153. The van der Waals surface area contributed by atoms with Crippen LogP contribution in [0.5, 0.6) is 0 Å². The lowest BCUT2D eigenvalue weighted by atomic mass is 9.98. The Hall–Kier alpha value is -4.88. The van der Waals surface area contributed by atoms with Crippen LogP contribution >= 0.6 is 137 Å². The van der Waals surface area contributed by atoms with Crippen LogP contribution in [0.4, 0.5) is 0 Å². The van der Waals surface area contributed by atoms with E-state index in [0.717, 1.165) is 57.1 Å². The molecule has 133 heavy (non-hydrogen) atoms. The zero-order chi connectivity index (χ0) is 103. The monoisotopic (exact) mass is 2100 g/mol. The van der Waals surface area contributed by atoms with Crippen molar-refractivity contribution in [2.75, 3.05) is 64.9 Å². The molecule has 2 rings (SSSR count). The number of carboxylic acids is 5. The van der Waals surface area contributed by atoms with Crippen LogP contribution in [-0.2, 0) is 95.9 Å². The maximum absolute atomic E-state index is 12.9. The van der Waals surface area contributed by atoms with Crippen molar-refractivity contribution < 1.29 is 121 Å². The van der Waals surface area contributed by atoms with Gasteiger partial charge in [-0.1, -0.05) is 182 Å². The first kappa shape index (κ1) is 132. The molecule has 7 amide bonds. The van der Waals surface area contributed by atoms with E-state index in [1.807, 2.05) is 41.5 Å². The number of amides is 7. The third-order valence-corrected chi connectivity index (χ3v) is 32.9. The minimum Gasteiger partial charge on any atom is -0.480 e. The molecule has 2 heterocycles. The average molecular weight is 2110 g/mol. The van der Waals surface area contributed by atoms with Gasteiger partial charge in [-0.15, -0.1) is 0 Å². The van der Waals surface area contributed by atoms with E-state index in [0.29, 0.717) is 67.0 Å². The van der Waals surface area contributed by atoms with Crippen molar-refractivity contribution >= 4 is 254 Å². The number of nitrogens with one attached hydrogen (secondary N) is 5. The minimum absolute atomic E-state index is 0.00377. The van der Waals surface area contributed by atoms with Gasteiger partial charge in [-0.25, -0.2) is 19.2 Å². The molecule has 0 aromatic heterocycles. The number of likely N-dealkylation sites (tertiary alicyclic amines) is 2. The van der Waals surface area contributed by atoms with Crippen LogP contribution in [0.15, 0.2) is 0 Å². The molecule has 2 aliphatic heterocycles. The lowest BCUT2D eigenvalue weighted by molar-refractivity contribution is -0.149. The molecule has 0 aromatic carbocycles. The summed E-state index contributed by atoms with van der Waals surface area (Å²) in [5.41, 5.74) is 11.0. The molecular weight excluding hydrogens is 1960 g/mol. The van der Waals surface area contributed by atoms with Gasteiger partial charge in [-0.2, -0.15) is 50.5 Å². The summed E-state index contributed by atoms with van der Waals surface area (Å²) >= 11 is 16.3. The molecule has 0 spiro atoms. The number of hydrogen-bond donors (Lipinski definition) is 16. The number of rotatable bonds is 65. The molecule has 0 aliphatic carbocycles. The topological polar surface area (TPSA) is 561 Å². The number of carboxylic acid groups (broad SMARTS) is 5. The summed E-state index contributed by atoms with van der Waals surface area (Å²) in [6, 6.07) is -7.16. The van der Waals surface area contributed by atoms with Crippen molar-refractivity contribution in [2.45, 2.75) is 316 Å². The number of nitrogens with two attached hydrogens (primary N) is 2. The van der Waals surface area contributed by atoms with Crippen LogP contribution in [0.3, 0.4) is 0 Å². The molecule has 34 nitrogen and oxygen atoms in total. The van der Waals surface area contributed by atoms with Crippen molar-refractivity contribution in [3.63, 3.8) is 0 Å². The Labute approximate surface area is 838 Å². The van der Waals surface area contributed by atoms with Crippen molar-refractivity contribution in [1.29, 1.82) is 0 Å². The van der Waals surface area contributed by atoms with Gasteiger partial charge in [-0.3, -0.25) is 71.9 Å². The summed E-state index contributed by atoms with van der Waals surface area (Å²) in [4.78, 5) is 235. The molecule has 0 bridgehead atoms. The summed E-state index contributed by atoms with van der Waals surface area (Å²) in [5.74, 6) is -4.55. The van der Waals surface area contributed by atoms with E-state index in [9.17, 15) is 116 Å². The number of hydrogen-bond acceptors (Lipinski definition) is 34. The minimum atomic E-state index is -1.18. The number of Topliss-reactive ketones (excluding diaryl/α,β-unsaturated/α-hetero) is 8. The second kappa shape index (κ2) is 74.2. The highest BCUT2D eigenvalue weighted by atomic mass is 33.1. The van der Waals surface area contributed by atoms with E-state index in [1.165, 1.54) is 73.7 Å². The van der Waals surface area contributed by atoms with Crippen molar-refractivity contribution in [1.82, 2.24) is 36.4 Å². The highest BCUT2D eigenvalue weighted by molar-refractivity contribution is 8.79. The summed E-state index contributed by atoms with van der Waals surface area (Å²) in [7, 11) is 12.5. The number of thiol groups is 4. The number of unbranched alkanes of at least 4 members (excludes halogenated alkanes) is 2. The maximum atomic E-state index is 12.9.